The van der Waals surface area contributed by atoms with Crippen LogP contribution in [-0.2, 0) is 9.59 Å². The second kappa shape index (κ2) is 17.9. The van der Waals surface area contributed by atoms with Gasteiger partial charge in [0, 0.05) is 61.2 Å². The van der Waals surface area contributed by atoms with Crippen molar-refractivity contribution in [3.63, 3.8) is 0 Å². The average molecular weight is 922 g/mol. The number of aryl methyl sites for hydroxylation is 4. The van der Waals surface area contributed by atoms with Crippen molar-refractivity contribution in [2.45, 2.75) is 111 Å². The third-order valence-corrected chi connectivity index (χ3v) is 15.5. The number of aliphatic imine (C=N–C) groups is 2. The first-order valence-electron chi connectivity index (χ1n) is 21.7. The second-order valence-electron chi connectivity index (χ2n) is 16.9. The minimum Gasteiger partial charge on any atom is -0.353 e. The highest BCUT2D eigenvalue weighted by molar-refractivity contribution is 7.15. The van der Waals surface area contributed by atoms with Crippen molar-refractivity contribution in [1.82, 2.24) is 39.7 Å². The highest BCUT2D eigenvalue weighted by Gasteiger charge is 2.35. The molecule has 1 saturated carbocycles. The third-order valence-electron chi connectivity index (χ3n) is 12.6. The van der Waals surface area contributed by atoms with Crippen LogP contribution in [0.15, 0.2) is 58.5 Å². The van der Waals surface area contributed by atoms with Gasteiger partial charge in [-0.15, -0.1) is 43.1 Å². The maximum Gasteiger partial charge on any atom is 0.225 e. The normalized spacial score (nSPS) is 18.0. The van der Waals surface area contributed by atoms with Crippen molar-refractivity contribution >= 4 is 69.1 Å². The van der Waals surface area contributed by atoms with Crippen molar-refractivity contribution in [3.8, 4) is 10.0 Å². The van der Waals surface area contributed by atoms with Crippen LogP contribution in [0.25, 0.3) is 10.0 Å². The zero-order chi connectivity index (χ0) is 44.1. The van der Waals surface area contributed by atoms with Crippen LogP contribution in [0.2, 0.25) is 10.0 Å². The Kier molecular flexibility index (Phi) is 12.3. The standard InChI is InChI=1S/C24H26ClN5OS.C23H24ClN5OS/c1-13-14(2)32-24-21(13)22(16-8-10-17(25)11-9-16)27-19(23-29-28-15(3)30(23)24)12-20(31)26-18-6-4-5-7-18;1-13-14(2)31-23-20(13)21(16-6-8-17(24)9-7-16)25-18(22-27-26-15(3)29(22)23)12-19(30)28-10-4-5-11-28/h8-11,18-19H,4-7,12H2,1-3H3,(H,26,31);6-9,18H,4-5,10-12H2,1-3H3/t19-;18-/m00/s1. The molecule has 0 bridgehead atoms. The molecule has 1 aliphatic carbocycles. The molecule has 2 fully saturated rings. The average Bonchev–Trinajstić information content (AvgIpc) is 4.14. The molecule has 2 atom stereocenters. The molecule has 12 nitrogen and oxygen atoms in total. The van der Waals surface area contributed by atoms with E-state index in [2.05, 4.69) is 62.5 Å². The number of fused-ring (bicyclic) bond motifs is 6. The van der Waals surface area contributed by atoms with Gasteiger partial charge >= 0.3 is 0 Å². The van der Waals surface area contributed by atoms with E-state index >= 15 is 0 Å². The van der Waals surface area contributed by atoms with Gasteiger partial charge in [-0.1, -0.05) is 60.3 Å². The predicted molar refractivity (Wildman–Crippen MR) is 252 cm³/mol. The van der Waals surface area contributed by atoms with Crippen molar-refractivity contribution in [2.75, 3.05) is 13.1 Å². The minimum atomic E-state index is -0.414. The van der Waals surface area contributed by atoms with Crippen LogP contribution < -0.4 is 5.32 Å². The van der Waals surface area contributed by atoms with E-state index in [0.717, 1.165) is 106 Å². The summed E-state index contributed by atoms with van der Waals surface area (Å²) in [7, 11) is 0. The third kappa shape index (κ3) is 8.43. The number of thiophene rings is 2. The van der Waals surface area contributed by atoms with Crippen LogP contribution in [0.4, 0.5) is 0 Å². The topological polar surface area (TPSA) is 136 Å². The Balaban J connectivity index is 0.000000160. The first-order chi connectivity index (χ1) is 30.4. The molecule has 3 aliphatic heterocycles. The van der Waals surface area contributed by atoms with E-state index < -0.39 is 6.04 Å². The molecule has 63 heavy (non-hydrogen) atoms. The molecule has 0 radical (unpaired) electrons. The van der Waals surface area contributed by atoms with Crippen LogP contribution in [0.3, 0.4) is 0 Å². The number of hydrogen-bond donors (Lipinski definition) is 1. The Bertz CT molecular complexity index is 2770. The summed E-state index contributed by atoms with van der Waals surface area (Å²) < 4.78 is 4.17. The number of rotatable bonds is 7. The van der Waals surface area contributed by atoms with Gasteiger partial charge in [-0.25, -0.2) is 0 Å². The monoisotopic (exact) mass is 920 g/mol. The number of carbonyl (C=O) groups excluding carboxylic acids is 2. The van der Waals surface area contributed by atoms with Crippen LogP contribution in [0, 0.1) is 41.5 Å². The molecule has 326 valence electrons. The van der Waals surface area contributed by atoms with Crippen molar-refractivity contribution in [1.29, 1.82) is 0 Å². The summed E-state index contributed by atoms with van der Waals surface area (Å²) >= 11 is 15.8. The van der Waals surface area contributed by atoms with Gasteiger partial charge < -0.3 is 10.2 Å². The Morgan fingerprint density at radius 3 is 1.54 bits per heavy atom. The number of likely N-dealkylation sites (tertiary alicyclic amines) is 1. The molecule has 7 heterocycles. The quantitative estimate of drug-likeness (QED) is 0.169. The molecule has 2 amide bonds. The number of carbonyl (C=O) groups is 2. The van der Waals surface area contributed by atoms with Gasteiger partial charge in [0.2, 0.25) is 11.8 Å². The number of hydrogen-bond acceptors (Lipinski definition) is 10. The lowest BCUT2D eigenvalue weighted by Crippen LogP contribution is -2.33. The number of nitrogens with zero attached hydrogens (tertiary/aromatic N) is 9. The first kappa shape index (κ1) is 43.2. The smallest absolute Gasteiger partial charge is 0.225 e. The number of amides is 2. The maximum atomic E-state index is 13.0. The fourth-order valence-electron chi connectivity index (χ4n) is 9.06. The molecule has 0 unspecified atom stereocenters. The van der Waals surface area contributed by atoms with Crippen LogP contribution in [0.5, 0.6) is 0 Å². The number of aromatic nitrogens is 6. The number of benzene rings is 2. The van der Waals surface area contributed by atoms with E-state index in [9.17, 15) is 9.59 Å². The molecule has 4 aliphatic rings. The molecule has 10 rings (SSSR count). The van der Waals surface area contributed by atoms with Gasteiger partial charge in [-0.2, -0.15) is 0 Å². The van der Waals surface area contributed by atoms with Crippen molar-refractivity contribution < 1.29 is 9.59 Å². The second-order valence-corrected chi connectivity index (χ2v) is 20.1. The van der Waals surface area contributed by atoms with E-state index in [4.69, 9.17) is 33.2 Å². The lowest BCUT2D eigenvalue weighted by Gasteiger charge is -2.18. The van der Waals surface area contributed by atoms with Gasteiger partial charge in [0.05, 0.1) is 24.3 Å². The number of nitrogens with one attached hydrogen (secondary N) is 1. The van der Waals surface area contributed by atoms with Crippen LogP contribution in [0.1, 0.15) is 130 Å². The largest absolute Gasteiger partial charge is 0.353 e. The summed E-state index contributed by atoms with van der Waals surface area (Å²) in [5, 5.41) is 24.3. The van der Waals surface area contributed by atoms with Gasteiger partial charge in [-0.3, -0.25) is 28.7 Å². The minimum absolute atomic E-state index is 0.0199. The lowest BCUT2D eigenvalue weighted by atomic mass is 9.99. The van der Waals surface area contributed by atoms with Crippen molar-refractivity contribution in [3.05, 3.63) is 125 Å². The molecule has 4 aromatic heterocycles. The molecule has 2 aromatic carbocycles. The molecule has 0 spiro atoms. The van der Waals surface area contributed by atoms with Gasteiger partial charge in [-0.05, 0) is 103 Å². The van der Waals surface area contributed by atoms with Gasteiger partial charge in [0.25, 0.3) is 0 Å². The highest BCUT2D eigenvalue weighted by Crippen LogP contribution is 2.41. The fourth-order valence-corrected chi connectivity index (χ4v) is 11.7. The SMILES string of the molecule is Cc1sc2c(c1C)C(c1ccc(Cl)cc1)=N[C@@H](CC(=O)N1CCCC1)c1nnc(C)n1-2.Cc1sc2c(c1C)C(c1ccc(Cl)cc1)=N[C@@H](CC(=O)NC1CCCC1)c1nnc(C)n1-2. The summed E-state index contributed by atoms with van der Waals surface area (Å²) in [6, 6.07) is 15.0. The highest BCUT2D eigenvalue weighted by atomic mass is 35.5. The van der Waals surface area contributed by atoms with E-state index in [1.807, 2.05) is 67.3 Å². The Morgan fingerprint density at radius 1 is 0.635 bits per heavy atom. The van der Waals surface area contributed by atoms with Crippen LogP contribution in [-0.4, -0.2) is 76.8 Å². The van der Waals surface area contributed by atoms with E-state index in [1.165, 1.54) is 33.7 Å². The zero-order valence-electron chi connectivity index (χ0n) is 36.3. The molecular formula is C47H50Cl2N10O2S2. The lowest BCUT2D eigenvalue weighted by molar-refractivity contribution is -0.130. The molecular weight excluding hydrogens is 872 g/mol. The molecule has 1 saturated heterocycles. The summed E-state index contributed by atoms with van der Waals surface area (Å²) in [6.07, 6.45) is 7.16. The Hall–Kier alpha value is -5.02. The fraction of sp³-hybridized carbons (Fsp3) is 0.404. The van der Waals surface area contributed by atoms with Gasteiger partial charge in [0.15, 0.2) is 11.6 Å². The van der Waals surface area contributed by atoms with Crippen molar-refractivity contribution in [2.24, 2.45) is 9.98 Å². The molecule has 16 heteroatoms. The maximum absolute atomic E-state index is 13.0. The number of halogens is 2. The Labute approximate surface area is 385 Å². The summed E-state index contributed by atoms with van der Waals surface area (Å²) in [5.41, 5.74) is 8.28. The summed E-state index contributed by atoms with van der Waals surface area (Å²) in [4.78, 5) is 40.7. The molecule has 1 N–H and O–H groups in total. The zero-order valence-corrected chi connectivity index (χ0v) is 39.5. The molecule has 6 aromatic rings. The van der Waals surface area contributed by atoms with E-state index in [1.54, 1.807) is 22.7 Å². The van der Waals surface area contributed by atoms with E-state index in [-0.39, 0.29) is 30.3 Å². The Morgan fingerprint density at radius 2 is 1.08 bits per heavy atom. The summed E-state index contributed by atoms with van der Waals surface area (Å²) in [5.74, 6) is 3.21. The summed E-state index contributed by atoms with van der Waals surface area (Å²) in [6.45, 7) is 14.1. The predicted octanol–water partition coefficient (Wildman–Crippen LogP) is 10.1. The van der Waals surface area contributed by atoms with E-state index in [0.29, 0.717) is 16.5 Å². The first-order valence-corrected chi connectivity index (χ1v) is 24.0. The van der Waals surface area contributed by atoms with Crippen LogP contribution >= 0.6 is 45.9 Å². The van der Waals surface area contributed by atoms with Gasteiger partial charge in [0.1, 0.15) is 33.7 Å².